The number of carbonyl (C=O) groups excluding carboxylic acids is 1. The van der Waals surface area contributed by atoms with E-state index in [1.165, 1.54) is 6.07 Å². The minimum atomic E-state index is -0.414. The molecule has 0 radical (unpaired) electrons. The highest BCUT2D eigenvalue weighted by atomic mass is 35.5. The molecule has 2 N–H and O–H groups in total. The van der Waals surface area contributed by atoms with E-state index in [1.54, 1.807) is 0 Å². The van der Waals surface area contributed by atoms with Crippen LogP contribution in [-0.2, 0) is 6.42 Å². The fourth-order valence-electron chi connectivity index (χ4n) is 1.38. The highest BCUT2D eigenvalue weighted by Crippen LogP contribution is 2.13. The zero-order chi connectivity index (χ0) is 13.2. The van der Waals surface area contributed by atoms with Gasteiger partial charge >= 0.3 is 0 Å². The molecule has 0 atom stereocenters. The Balaban J connectivity index is 3.12. The molecule has 1 aromatic rings. The predicted molar refractivity (Wildman–Crippen MR) is 68.7 cm³/mol. The van der Waals surface area contributed by atoms with Gasteiger partial charge in [-0.05, 0) is 33.3 Å². The van der Waals surface area contributed by atoms with Gasteiger partial charge in [0.1, 0.15) is 5.56 Å². The van der Waals surface area contributed by atoms with Crippen molar-refractivity contribution in [1.82, 2.24) is 10.3 Å². The first-order valence-corrected chi connectivity index (χ1v) is 5.86. The summed E-state index contributed by atoms with van der Waals surface area (Å²) in [5, 5.41) is 3.13. The number of aryl methyl sites for hydroxylation is 1. The van der Waals surface area contributed by atoms with Crippen LogP contribution in [0, 0.1) is 0 Å². The Morgan fingerprint density at radius 1 is 1.47 bits per heavy atom. The molecule has 0 unspecified atom stereocenters. The molecule has 0 saturated heterocycles. The lowest BCUT2D eigenvalue weighted by Crippen LogP contribution is -2.42. The van der Waals surface area contributed by atoms with E-state index in [9.17, 15) is 9.59 Å². The van der Waals surface area contributed by atoms with Crippen molar-refractivity contribution in [2.75, 3.05) is 0 Å². The first-order valence-electron chi connectivity index (χ1n) is 5.49. The summed E-state index contributed by atoms with van der Waals surface area (Å²) in [5.74, 6) is -0.414. The van der Waals surface area contributed by atoms with E-state index in [-0.39, 0.29) is 11.1 Å². The quantitative estimate of drug-likeness (QED) is 0.851. The molecule has 0 fully saturated rings. The number of carbonyl (C=O) groups is 1. The molecule has 0 bridgehead atoms. The summed E-state index contributed by atoms with van der Waals surface area (Å²) in [5.41, 5.74) is -0.113. The molecule has 17 heavy (non-hydrogen) atoms. The number of rotatable bonds is 2. The van der Waals surface area contributed by atoms with Crippen molar-refractivity contribution < 1.29 is 4.79 Å². The Bertz CT molecular complexity index is 486. The first-order chi connectivity index (χ1) is 7.74. The topological polar surface area (TPSA) is 62.0 Å². The molecule has 5 heteroatoms. The third-order valence-electron chi connectivity index (χ3n) is 2.16. The van der Waals surface area contributed by atoms with Gasteiger partial charge < -0.3 is 10.3 Å². The van der Waals surface area contributed by atoms with Gasteiger partial charge in [-0.15, -0.1) is 0 Å². The van der Waals surface area contributed by atoms with Gasteiger partial charge in [-0.3, -0.25) is 9.59 Å². The Morgan fingerprint density at radius 3 is 2.53 bits per heavy atom. The molecular formula is C12H17ClN2O2. The summed E-state index contributed by atoms with van der Waals surface area (Å²) in [6.45, 7) is 7.43. The summed E-state index contributed by atoms with van der Waals surface area (Å²) in [4.78, 5) is 26.2. The summed E-state index contributed by atoms with van der Waals surface area (Å²) in [6, 6.07) is 1.42. The first kappa shape index (κ1) is 13.8. The Hall–Kier alpha value is -1.29. The van der Waals surface area contributed by atoms with E-state index in [4.69, 9.17) is 11.6 Å². The van der Waals surface area contributed by atoms with E-state index < -0.39 is 11.5 Å². The van der Waals surface area contributed by atoms with Crippen LogP contribution in [0.4, 0.5) is 0 Å². The van der Waals surface area contributed by atoms with Crippen LogP contribution in [0.15, 0.2) is 10.9 Å². The molecule has 1 rings (SSSR count). The molecule has 0 saturated carbocycles. The summed E-state index contributed by atoms with van der Waals surface area (Å²) in [6.07, 6.45) is 0.620. The second kappa shape index (κ2) is 4.92. The fourth-order valence-corrected chi connectivity index (χ4v) is 1.67. The van der Waals surface area contributed by atoms with Crippen LogP contribution in [0.5, 0.6) is 0 Å². The molecule has 0 aliphatic rings. The van der Waals surface area contributed by atoms with Crippen molar-refractivity contribution in [3.8, 4) is 0 Å². The lowest BCUT2D eigenvalue weighted by Gasteiger charge is -2.20. The van der Waals surface area contributed by atoms with Crippen LogP contribution in [0.25, 0.3) is 0 Å². The van der Waals surface area contributed by atoms with E-state index in [1.807, 2.05) is 27.7 Å². The number of amides is 1. The van der Waals surface area contributed by atoms with Crippen LogP contribution in [0.3, 0.4) is 0 Å². The number of hydrogen-bond acceptors (Lipinski definition) is 2. The molecule has 1 amide bonds. The standard InChI is InChI=1S/C12H17ClN2O2/c1-5-9-8(13)6-7(10(16)14-9)11(17)15-12(2,3)4/h6H,5H2,1-4H3,(H,14,16)(H,15,17). The van der Waals surface area contributed by atoms with Gasteiger partial charge in [-0.1, -0.05) is 18.5 Å². The van der Waals surface area contributed by atoms with Gasteiger partial charge in [0.2, 0.25) is 0 Å². The van der Waals surface area contributed by atoms with Crippen molar-refractivity contribution in [3.05, 3.63) is 32.7 Å². The molecule has 0 aliphatic carbocycles. The molecule has 0 aromatic carbocycles. The number of halogens is 1. The maximum atomic E-state index is 11.8. The van der Waals surface area contributed by atoms with Crippen molar-refractivity contribution in [1.29, 1.82) is 0 Å². The van der Waals surface area contributed by atoms with Gasteiger partial charge in [0.05, 0.1) is 5.02 Å². The minimum Gasteiger partial charge on any atom is -0.347 e. The lowest BCUT2D eigenvalue weighted by molar-refractivity contribution is 0.0918. The Labute approximate surface area is 105 Å². The average Bonchev–Trinajstić information content (AvgIpc) is 2.18. The largest absolute Gasteiger partial charge is 0.347 e. The van der Waals surface area contributed by atoms with E-state index in [0.29, 0.717) is 17.1 Å². The molecule has 0 spiro atoms. The van der Waals surface area contributed by atoms with E-state index in [0.717, 1.165) is 0 Å². The zero-order valence-electron chi connectivity index (χ0n) is 10.5. The van der Waals surface area contributed by atoms with Gasteiger partial charge in [-0.25, -0.2) is 0 Å². The normalized spacial score (nSPS) is 11.4. The van der Waals surface area contributed by atoms with Gasteiger partial charge in [0, 0.05) is 11.2 Å². The molecule has 1 heterocycles. The highest BCUT2D eigenvalue weighted by molar-refractivity contribution is 6.31. The monoisotopic (exact) mass is 256 g/mol. The van der Waals surface area contributed by atoms with Crippen LogP contribution in [0.2, 0.25) is 5.02 Å². The molecule has 1 aromatic heterocycles. The summed E-state index contributed by atoms with van der Waals surface area (Å²) in [7, 11) is 0. The Kier molecular flexibility index (Phi) is 3.98. The minimum absolute atomic E-state index is 0.0436. The van der Waals surface area contributed by atoms with Gasteiger partial charge in [0.15, 0.2) is 0 Å². The second-order valence-electron chi connectivity index (χ2n) is 4.90. The SMILES string of the molecule is CCc1[nH]c(=O)c(C(=O)NC(C)(C)C)cc1Cl. The highest BCUT2D eigenvalue weighted by Gasteiger charge is 2.18. The average molecular weight is 257 g/mol. The van der Waals surface area contributed by atoms with Gasteiger partial charge in [0.25, 0.3) is 11.5 Å². The molecule has 4 nitrogen and oxygen atoms in total. The maximum absolute atomic E-state index is 11.8. The van der Waals surface area contributed by atoms with Crippen LogP contribution in [0.1, 0.15) is 43.7 Å². The van der Waals surface area contributed by atoms with Gasteiger partial charge in [-0.2, -0.15) is 0 Å². The summed E-state index contributed by atoms with van der Waals surface area (Å²) < 4.78 is 0. The van der Waals surface area contributed by atoms with Crippen LogP contribution in [-0.4, -0.2) is 16.4 Å². The lowest BCUT2D eigenvalue weighted by atomic mass is 10.1. The second-order valence-corrected chi connectivity index (χ2v) is 5.30. The third-order valence-corrected chi connectivity index (χ3v) is 2.49. The van der Waals surface area contributed by atoms with Crippen LogP contribution < -0.4 is 10.9 Å². The molecule has 94 valence electrons. The number of aromatic amines is 1. The summed E-state index contributed by atoms with van der Waals surface area (Å²) >= 11 is 5.97. The number of pyridine rings is 1. The number of nitrogens with one attached hydrogen (secondary N) is 2. The molecular weight excluding hydrogens is 240 g/mol. The van der Waals surface area contributed by atoms with Crippen molar-refractivity contribution in [2.24, 2.45) is 0 Å². The van der Waals surface area contributed by atoms with Crippen molar-refractivity contribution in [3.63, 3.8) is 0 Å². The smallest absolute Gasteiger partial charge is 0.261 e. The van der Waals surface area contributed by atoms with E-state index >= 15 is 0 Å². The Morgan fingerprint density at radius 2 is 2.06 bits per heavy atom. The number of hydrogen-bond donors (Lipinski definition) is 2. The van der Waals surface area contributed by atoms with Crippen LogP contribution >= 0.6 is 11.6 Å². The van der Waals surface area contributed by atoms with Crippen molar-refractivity contribution in [2.45, 2.75) is 39.7 Å². The van der Waals surface area contributed by atoms with Crippen molar-refractivity contribution >= 4 is 17.5 Å². The number of H-pyrrole nitrogens is 1. The third kappa shape index (κ3) is 3.60. The maximum Gasteiger partial charge on any atom is 0.261 e. The van der Waals surface area contributed by atoms with E-state index in [2.05, 4.69) is 10.3 Å². The predicted octanol–water partition coefficient (Wildman–Crippen LogP) is 2.12. The molecule has 0 aliphatic heterocycles. The fraction of sp³-hybridized carbons (Fsp3) is 0.500. The zero-order valence-corrected chi connectivity index (χ0v) is 11.2. The number of aromatic nitrogens is 1.